The number of fused-ring (bicyclic) bond motifs is 2. The van der Waals surface area contributed by atoms with E-state index in [4.69, 9.17) is 4.74 Å². The molecule has 25 heavy (non-hydrogen) atoms. The molecule has 3 aliphatic heterocycles. The van der Waals surface area contributed by atoms with Crippen molar-refractivity contribution >= 4 is 24.8 Å². The van der Waals surface area contributed by atoms with Gasteiger partial charge in [0.05, 0.1) is 6.61 Å². The Kier molecular flexibility index (Phi) is 4.84. The third kappa shape index (κ3) is 3.22. The number of nitrogens with one attached hydrogen (secondary N) is 1. The second-order valence-electron chi connectivity index (χ2n) is 7.36. The Balaban J connectivity index is 1.67. The molecular formula is C20H27N2O2P. The average molecular weight is 358 g/mol. The summed E-state index contributed by atoms with van der Waals surface area (Å²) in [4.78, 5) is 13.9. The highest BCUT2D eigenvalue weighted by Gasteiger charge is 2.42. The number of benzene rings is 1. The second-order valence-corrected chi connectivity index (χ2v) is 9.75. The van der Waals surface area contributed by atoms with Crippen molar-refractivity contribution in [3.05, 3.63) is 35.5 Å². The Hall–Kier alpha value is -1.38. The van der Waals surface area contributed by atoms with Crippen molar-refractivity contribution in [1.29, 1.82) is 0 Å². The number of esters is 1. The zero-order valence-corrected chi connectivity index (χ0v) is 16.0. The average Bonchev–Trinajstić information content (AvgIpc) is 2.61. The van der Waals surface area contributed by atoms with E-state index in [0.717, 1.165) is 26.1 Å². The maximum Gasteiger partial charge on any atom is 0.302 e. The van der Waals surface area contributed by atoms with Gasteiger partial charge in [0.1, 0.15) is 0 Å². The molecule has 0 spiro atoms. The van der Waals surface area contributed by atoms with E-state index >= 15 is 0 Å². The molecule has 1 N–H and O–H groups in total. The van der Waals surface area contributed by atoms with Crippen molar-refractivity contribution in [2.45, 2.75) is 39.0 Å². The molecule has 0 amide bonds. The summed E-state index contributed by atoms with van der Waals surface area (Å²) in [7, 11) is -0.232. The van der Waals surface area contributed by atoms with Crippen LogP contribution in [0, 0.1) is 5.92 Å². The molecule has 134 valence electrons. The van der Waals surface area contributed by atoms with E-state index in [2.05, 4.69) is 41.5 Å². The normalized spacial score (nSPS) is 27.6. The van der Waals surface area contributed by atoms with Gasteiger partial charge in [0.15, 0.2) is 0 Å². The zero-order valence-electron chi connectivity index (χ0n) is 15.1. The number of carbonyl (C=O) groups is 1. The van der Waals surface area contributed by atoms with Crippen molar-refractivity contribution < 1.29 is 9.53 Å². The molecule has 3 heterocycles. The SMILES string of the molecule is CCCN1CC(COC(C)=O)CP2c3cccc4c3C(=CNC4)CC12. The molecule has 1 aromatic carbocycles. The Labute approximate surface area is 151 Å². The van der Waals surface area contributed by atoms with Crippen molar-refractivity contribution in [2.24, 2.45) is 5.92 Å². The predicted octanol–water partition coefficient (Wildman–Crippen LogP) is 2.87. The van der Waals surface area contributed by atoms with Crippen LogP contribution in [0.25, 0.3) is 5.57 Å². The fraction of sp³-hybridized carbons (Fsp3) is 0.550. The first kappa shape index (κ1) is 17.1. The van der Waals surface area contributed by atoms with Crippen molar-refractivity contribution in [3.8, 4) is 0 Å². The Morgan fingerprint density at radius 2 is 2.32 bits per heavy atom. The predicted molar refractivity (Wildman–Crippen MR) is 103 cm³/mol. The molecule has 1 fully saturated rings. The summed E-state index contributed by atoms with van der Waals surface area (Å²) >= 11 is 0. The molecule has 0 radical (unpaired) electrons. The van der Waals surface area contributed by atoms with Gasteiger partial charge in [-0.2, -0.15) is 0 Å². The third-order valence-corrected chi connectivity index (χ3v) is 8.62. The van der Waals surface area contributed by atoms with E-state index in [1.54, 1.807) is 5.30 Å². The topological polar surface area (TPSA) is 41.6 Å². The van der Waals surface area contributed by atoms with Gasteiger partial charge in [-0.05, 0) is 47.6 Å². The fourth-order valence-corrected chi connectivity index (χ4v) is 7.94. The van der Waals surface area contributed by atoms with Crippen LogP contribution in [-0.2, 0) is 16.1 Å². The first-order valence-electron chi connectivity index (χ1n) is 9.36. The quantitative estimate of drug-likeness (QED) is 0.664. The maximum atomic E-state index is 11.3. The number of ether oxygens (including phenoxy) is 1. The summed E-state index contributed by atoms with van der Waals surface area (Å²) in [6, 6.07) is 6.84. The largest absolute Gasteiger partial charge is 0.466 e. The number of hydrogen-bond donors (Lipinski definition) is 1. The van der Waals surface area contributed by atoms with Crippen LogP contribution in [0.3, 0.4) is 0 Å². The minimum absolute atomic E-state index is 0.158. The molecule has 5 heteroatoms. The van der Waals surface area contributed by atoms with E-state index in [0.29, 0.717) is 18.3 Å². The van der Waals surface area contributed by atoms with Gasteiger partial charge in [0.25, 0.3) is 0 Å². The molecule has 1 saturated heterocycles. The van der Waals surface area contributed by atoms with Gasteiger partial charge in [0, 0.05) is 37.9 Å². The summed E-state index contributed by atoms with van der Waals surface area (Å²) in [6.45, 7) is 7.47. The maximum absolute atomic E-state index is 11.3. The summed E-state index contributed by atoms with van der Waals surface area (Å²) in [5, 5.41) is 5.03. The van der Waals surface area contributed by atoms with Gasteiger partial charge in [-0.15, -0.1) is 0 Å². The Morgan fingerprint density at radius 1 is 1.44 bits per heavy atom. The molecular weight excluding hydrogens is 331 g/mol. The van der Waals surface area contributed by atoms with E-state index in [1.807, 2.05) is 0 Å². The van der Waals surface area contributed by atoms with Crippen molar-refractivity contribution in [3.63, 3.8) is 0 Å². The summed E-state index contributed by atoms with van der Waals surface area (Å²) < 4.78 is 5.38. The van der Waals surface area contributed by atoms with Crippen LogP contribution in [-0.4, -0.2) is 42.5 Å². The van der Waals surface area contributed by atoms with Crippen LogP contribution >= 0.6 is 7.92 Å². The molecule has 3 aliphatic rings. The summed E-state index contributed by atoms with van der Waals surface area (Å²) in [6.07, 6.45) is 5.76. The molecule has 1 aromatic rings. The van der Waals surface area contributed by atoms with Crippen molar-refractivity contribution in [2.75, 3.05) is 25.9 Å². The number of rotatable bonds is 4. The lowest BCUT2D eigenvalue weighted by Crippen LogP contribution is -2.49. The van der Waals surface area contributed by atoms with E-state index in [-0.39, 0.29) is 13.9 Å². The molecule has 0 saturated carbocycles. The van der Waals surface area contributed by atoms with Gasteiger partial charge in [-0.3, -0.25) is 9.69 Å². The van der Waals surface area contributed by atoms with Crippen LogP contribution < -0.4 is 10.6 Å². The highest BCUT2D eigenvalue weighted by molar-refractivity contribution is 7.66. The van der Waals surface area contributed by atoms with E-state index in [1.165, 1.54) is 36.2 Å². The molecule has 3 unspecified atom stereocenters. The lowest BCUT2D eigenvalue weighted by Gasteiger charge is -2.49. The van der Waals surface area contributed by atoms with Gasteiger partial charge in [-0.1, -0.05) is 33.0 Å². The molecule has 0 aromatic heterocycles. The molecule has 0 bridgehead atoms. The lowest BCUT2D eigenvalue weighted by molar-refractivity contribution is -0.142. The minimum atomic E-state index is -0.232. The van der Waals surface area contributed by atoms with Crippen LogP contribution in [0.1, 0.15) is 37.8 Å². The first-order chi connectivity index (χ1) is 12.2. The van der Waals surface area contributed by atoms with Gasteiger partial charge in [0.2, 0.25) is 0 Å². The second kappa shape index (κ2) is 7.09. The van der Waals surface area contributed by atoms with E-state index < -0.39 is 0 Å². The van der Waals surface area contributed by atoms with E-state index in [9.17, 15) is 4.79 Å². The fourth-order valence-electron chi connectivity index (χ4n) is 4.53. The van der Waals surface area contributed by atoms with Crippen LogP contribution in [0.5, 0.6) is 0 Å². The summed E-state index contributed by atoms with van der Waals surface area (Å²) in [5.74, 6) is 0.937. The highest BCUT2D eigenvalue weighted by atomic mass is 31.1. The Bertz CT molecular complexity index is 703. The lowest BCUT2D eigenvalue weighted by atomic mass is 9.94. The Morgan fingerprint density at radius 3 is 3.12 bits per heavy atom. The highest BCUT2D eigenvalue weighted by Crippen LogP contribution is 2.55. The number of nitrogens with zero attached hydrogens (tertiary/aromatic N) is 1. The van der Waals surface area contributed by atoms with Crippen LogP contribution in [0.4, 0.5) is 0 Å². The number of hydrogen-bond acceptors (Lipinski definition) is 4. The van der Waals surface area contributed by atoms with Gasteiger partial charge >= 0.3 is 5.97 Å². The first-order valence-corrected chi connectivity index (χ1v) is 11.0. The zero-order chi connectivity index (χ0) is 17.4. The molecule has 4 rings (SSSR count). The standard InChI is InChI=1S/C20H27N2O2P/c1-3-7-22-11-15(12-24-14(2)23)13-25-18-6-4-5-16-9-21-10-17(20(16)18)8-19(22)25/h4-6,10,15,19,21H,3,7-9,11-13H2,1-2H3. The molecule has 4 nitrogen and oxygen atoms in total. The minimum Gasteiger partial charge on any atom is -0.466 e. The van der Waals surface area contributed by atoms with Gasteiger partial charge in [-0.25, -0.2) is 0 Å². The monoisotopic (exact) mass is 358 g/mol. The third-order valence-electron chi connectivity index (χ3n) is 5.49. The van der Waals surface area contributed by atoms with Gasteiger partial charge < -0.3 is 10.1 Å². The summed E-state index contributed by atoms with van der Waals surface area (Å²) in [5.41, 5.74) is 4.45. The van der Waals surface area contributed by atoms with Crippen LogP contribution in [0.15, 0.2) is 24.4 Å². The van der Waals surface area contributed by atoms with Crippen molar-refractivity contribution in [1.82, 2.24) is 10.2 Å². The van der Waals surface area contributed by atoms with Crippen LogP contribution in [0.2, 0.25) is 0 Å². The molecule has 3 atom stereocenters. The smallest absolute Gasteiger partial charge is 0.302 e. The number of carbonyl (C=O) groups excluding carboxylic acids is 1. The molecule has 0 aliphatic carbocycles.